The number of carbonyl (C=O) groups excluding carboxylic acids is 1. The maximum atomic E-state index is 12.5. The van der Waals surface area contributed by atoms with E-state index in [1.54, 1.807) is 42.0 Å². The Bertz CT molecular complexity index is 1130. The molecule has 9 nitrogen and oxygen atoms in total. The van der Waals surface area contributed by atoms with Crippen molar-refractivity contribution < 1.29 is 9.53 Å². The number of aromatic nitrogens is 6. The van der Waals surface area contributed by atoms with E-state index >= 15 is 0 Å². The summed E-state index contributed by atoms with van der Waals surface area (Å²) in [5.74, 6) is 0.871. The highest BCUT2D eigenvalue weighted by Gasteiger charge is 2.12. The van der Waals surface area contributed by atoms with Crippen LogP contribution in [0.4, 0.5) is 5.82 Å². The molecular weight excluding hydrogens is 370 g/mol. The van der Waals surface area contributed by atoms with Gasteiger partial charge in [-0.25, -0.2) is 9.97 Å². The molecule has 0 saturated carbocycles. The smallest absolute Gasteiger partial charge is 0.247 e. The van der Waals surface area contributed by atoms with Crippen molar-refractivity contribution in [3.63, 3.8) is 0 Å². The van der Waals surface area contributed by atoms with E-state index in [0.717, 1.165) is 16.8 Å². The zero-order valence-electron chi connectivity index (χ0n) is 16.0. The third-order valence-corrected chi connectivity index (χ3v) is 4.30. The van der Waals surface area contributed by atoms with E-state index in [9.17, 15) is 4.79 Å². The number of anilines is 1. The minimum atomic E-state index is -0.206. The number of hydrogen-bond donors (Lipinski definition) is 1. The molecule has 0 atom stereocenters. The summed E-state index contributed by atoms with van der Waals surface area (Å²) in [5.41, 5.74) is 3.22. The standard InChI is InChI=1S/C20H19N7O2/c1-26-18(8-17(25-26)14-6-4-3-5-7-14)24-19(28)12-27-11-15(10-23-27)16-9-20(29-2)22-13-21-16/h3-11,13H,12H2,1-2H3,(H,24,28). The van der Waals surface area contributed by atoms with Crippen LogP contribution in [0.15, 0.2) is 61.2 Å². The fourth-order valence-corrected chi connectivity index (χ4v) is 2.86. The Hall–Kier alpha value is -4.01. The molecule has 1 N–H and O–H groups in total. The lowest BCUT2D eigenvalue weighted by Gasteiger charge is -2.05. The largest absolute Gasteiger partial charge is 0.481 e. The summed E-state index contributed by atoms with van der Waals surface area (Å²) >= 11 is 0. The average molecular weight is 389 g/mol. The van der Waals surface area contributed by atoms with E-state index in [1.165, 1.54) is 6.33 Å². The summed E-state index contributed by atoms with van der Waals surface area (Å²) in [7, 11) is 3.33. The predicted octanol–water partition coefficient (Wildman–Crippen LogP) is 2.39. The normalized spacial score (nSPS) is 10.7. The SMILES string of the molecule is COc1cc(-c2cnn(CC(=O)Nc3cc(-c4ccccc4)nn3C)c2)ncn1. The van der Waals surface area contributed by atoms with Crippen LogP contribution in [-0.4, -0.2) is 42.5 Å². The van der Waals surface area contributed by atoms with E-state index in [0.29, 0.717) is 17.4 Å². The third kappa shape index (κ3) is 4.13. The Morgan fingerprint density at radius 1 is 1.10 bits per heavy atom. The topological polar surface area (TPSA) is 99.8 Å². The predicted molar refractivity (Wildman–Crippen MR) is 107 cm³/mol. The first-order valence-electron chi connectivity index (χ1n) is 8.90. The number of carbonyl (C=O) groups is 1. The fraction of sp³-hybridized carbons (Fsp3) is 0.150. The highest BCUT2D eigenvalue weighted by molar-refractivity contribution is 5.90. The summed E-state index contributed by atoms with van der Waals surface area (Å²) in [6.45, 7) is 0.0636. The van der Waals surface area contributed by atoms with Crippen molar-refractivity contribution in [2.75, 3.05) is 12.4 Å². The second kappa shape index (κ2) is 7.93. The minimum Gasteiger partial charge on any atom is -0.481 e. The number of nitrogens with one attached hydrogen (secondary N) is 1. The molecule has 4 rings (SSSR count). The summed E-state index contributed by atoms with van der Waals surface area (Å²) in [5, 5.41) is 11.6. The molecule has 0 bridgehead atoms. The number of amides is 1. The van der Waals surface area contributed by atoms with Gasteiger partial charge in [-0.2, -0.15) is 10.2 Å². The molecule has 0 aliphatic rings. The molecule has 146 valence electrons. The number of nitrogens with zero attached hydrogens (tertiary/aromatic N) is 6. The van der Waals surface area contributed by atoms with Crippen LogP contribution in [0.25, 0.3) is 22.5 Å². The van der Waals surface area contributed by atoms with Gasteiger partial charge in [0.25, 0.3) is 0 Å². The number of ether oxygens (including phenoxy) is 1. The molecule has 0 unspecified atom stereocenters. The second-order valence-corrected chi connectivity index (χ2v) is 6.32. The van der Waals surface area contributed by atoms with E-state index in [-0.39, 0.29) is 12.5 Å². The number of rotatable bonds is 6. The van der Waals surface area contributed by atoms with Crippen molar-refractivity contribution in [3.8, 4) is 28.4 Å². The summed E-state index contributed by atoms with van der Waals surface area (Å²) in [6, 6.07) is 13.3. The molecule has 3 heterocycles. The molecule has 1 aromatic carbocycles. The lowest BCUT2D eigenvalue weighted by Crippen LogP contribution is -2.20. The molecule has 4 aromatic rings. The monoisotopic (exact) mass is 389 g/mol. The van der Waals surface area contributed by atoms with E-state index in [4.69, 9.17) is 4.74 Å². The summed E-state index contributed by atoms with van der Waals surface area (Å²) in [6.07, 6.45) is 4.82. The quantitative estimate of drug-likeness (QED) is 0.544. The van der Waals surface area contributed by atoms with Gasteiger partial charge in [0.05, 0.1) is 24.7 Å². The molecule has 3 aromatic heterocycles. The minimum absolute atomic E-state index is 0.0636. The van der Waals surface area contributed by atoms with Crippen LogP contribution >= 0.6 is 0 Å². The second-order valence-electron chi connectivity index (χ2n) is 6.32. The third-order valence-electron chi connectivity index (χ3n) is 4.30. The van der Waals surface area contributed by atoms with Crippen molar-refractivity contribution in [2.45, 2.75) is 6.54 Å². The molecule has 9 heteroatoms. The van der Waals surface area contributed by atoms with Crippen molar-refractivity contribution in [3.05, 3.63) is 61.2 Å². The highest BCUT2D eigenvalue weighted by Crippen LogP contribution is 2.21. The lowest BCUT2D eigenvalue weighted by atomic mass is 10.2. The van der Waals surface area contributed by atoms with Crippen LogP contribution in [-0.2, 0) is 18.4 Å². The van der Waals surface area contributed by atoms with Crippen LogP contribution < -0.4 is 10.1 Å². The Morgan fingerprint density at radius 2 is 1.93 bits per heavy atom. The lowest BCUT2D eigenvalue weighted by molar-refractivity contribution is -0.116. The van der Waals surface area contributed by atoms with Crippen molar-refractivity contribution >= 4 is 11.7 Å². The Morgan fingerprint density at radius 3 is 2.72 bits per heavy atom. The zero-order valence-corrected chi connectivity index (χ0v) is 16.0. The van der Waals surface area contributed by atoms with Crippen LogP contribution in [0.3, 0.4) is 0 Å². The van der Waals surface area contributed by atoms with Crippen molar-refractivity contribution in [1.29, 1.82) is 0 Å². The first-order valence-corrected chi connectivity index (χ1v) is 8.90. The van der Waals surface area contributed by atoms with Crippen LogP contribution in [0.1, 0.15) is 0 Å². The van der Waals surface area contributed by atoms with Crippen LogP contribution in [0, 0.1) is 0 Å². The molecule has 0 fully saturated rings. The Kier molecular flexibility index (Phi) is 5.02. The van der Waals surface area contributed by atoms with Gasteiger partial charge in [-0.15, -0.1) is 0 Å². The number of aryl methyl sites for hydroxylation is 1. The highest BCUT2D eigenvalue weighted by atomic mass is 16.5. The van der Waals surface area contributed by atoms with Gasteiger partial charge >= 0.3 is 0 Å². The van der Waals surface area contributed by atoms with Gasteiger partial charge in [-0.05, 0) is 0 Å². The van der Waals surface area contributed by atoms with Gasteiger partial charge in [0, 0.05) is 36.5 Å². The first kappa shape index (κ1) is 18.4. The van der Waals surface area contributed by atoms with Gasteiger partial charge in [-0.3, -0.25) is 14.2 Å². The van der Waals surface area contributed by atoms with Crippen LogP contribution in [0.2, 0.25) is 0 Å². The molecule has 0 aliphatic heterocycles. The molecule has 0 radical (unpaired) electrons. The van der Waals surface area contributed by atoms with E-state index in [2.05, 4.69) is 25.5 Å². The summed E-state index contributed by atoms with van der Waals surface area (Å²) in [4.78, 5) is 20.7. The maximum Gasteiger partial charge on any atom is 0.247 e. The molecule has 0 spiro atoms. The molecular formula is C20H19N7O2. The summed E-state index contributed by atoms with van der Waals surface area (Å²) < 4.78 is 8.30. The molecule has 0 aliphatic carbocycles. The molecule has 1 amide bonds. The number of hydrogen-bond acceptors (Lipinski definition) is 6. The Labute approximate surface area is 167 Å². The number of benzene rings is 1. The van der Waals surface area contributed by atoms with Gasteiger partial charge in [0.1, 0.15) is 18.7 Å². The molecule has 29 heavy (non-hydrogen) atoms. The molecule has 0 saturated heterocycles. The van der Waals surface area contributed by atoms with E-state index < -0.39 is 0 Å². The number of methoxy groups -OCH3 is 1. The fourth-order valence-electron chi connectivity index (χ4n) is 2.86. The zero-order chi connectivity index (χ0) is 20.2. The maximum absolute atomic E-state index is 12.5. The van der Waals surface area contributed by atoms with Gasteiger partial charge in [-0.1, -0.05) is 30.3 Å². The van der Waals surface area contributed by atoms with E-state index in [1.807, 2.05) is 36.4 Å². The van der Waals surface area contributed by atoms with Crippen molar-refractivity contribution in [1.82, 2.24) is 29.5 Å². The van der Waals surface area contributed by atoms with Gasteiger partial charge in [0.2, 0.25) is 11.8 Å². The van der Waals surface area contributed by atoms with Gasteiger partial charge in [0.15, 0.2) is 0 Å². The first-order chi connectivity index (χ1) is 14.1. The Balaban J connectivity index is 1.44. The van der Waals surface area contributed by atoms with Crippen molar-refractivity contribution in [2.24, 2.45) is 7.05 Å². The average Bonchev–Trinajstić information content (AvgIpc) is 3.35. The van der Waals surface area contributed by atoms with Gasteiger partial charge < -0.3 is 10.1 Å². The van der Waals surface area contributed by atoms with Crippen LogP contribution in [0.5, 0.6) is 5.88 Å².